The Kier molecular flexibility index (Phi) is 4.85. The van der Waals surface area contributed by atoms with Crippen molar-refractivity contribution in [2.24, 2.45) is 0 Å². The van der Waals surface area contributed by atoms with Gasteiger partial charge in [0.25, 0.3) is 6.43 Å². The number of hydrogen-bond donors (Lipinski definition) is 1. The molecule has 0 aliphatic heterocycles. The Bertz CT molecular complexity index is 502. The maximum Gasteiger partial charge on any atom is 0.418 e. The van der Waals surface area contributed by atoms with Crippen molar-refractivity contribution in [3.63, 3.8) is 0 Å². The molecule has 2 N–H and O–H groups in total. The molecule has 0 saturated carbocycles. The lowest BCUT2D eigenvalue weighted by molar-refractivity contribution is -0.144. The average Bonchev–Trinajstić information content (AvgIpc) is 2.26. The summed E-state index contributed by atoms with van der Waals surface area (Å²) in [5.41, 5.74) is 1.38. The number of esters is 1. The van der Waals surface area contributed by atoms with Gasteiger partial charge in [-0.1, -0.05) is 0 Å². The maximum atomic E-state index is 12.9. The van der Waals surface area contributed by atoms with E-state index in [0.717, 1.165) is 6.07 Å². The molecule has 1 aromatic rings. The van der Waals surface area contributed by atoms with Crippen molar-refractivity contribution in [3.8, 4) is 0 Å². The minimum absolute atomic E-state index is 0.0392. The van der Waals surface area contributed by atoms with Crippen LogP contribution in [-0.4, -0.2) is 17.6 Å². The van der Waals surface area contributed by atoms with Gasteiger partial charge in [-0.25, -0.2) is 13.8 Å². The van der Waals surface area contributed by atoms with E-state index in [1.165, 1.54) is 6.92 Å². The van der Waals surface area contributed by atoms with Crippen LogP contribution in [0.25, 0.3) is 0 Å². The molecule has 0 atom stereocenters. The number of ether oxygens (including phenoxy) is 1. The van der Waals surface area contributed by atoms with Crippen LogP contribution in [0.3, 0.4) is 0 Å². The molecule has 112 valence electrons. The predicted octanol–water partition coefficient (Wildman–Crippen LogP) is 2.73. The number of nitrogens with zero attached hydrogens (tertiary/aromatic N) is 1. The quantitative estimate of drug-likeness (QED) is 0.685. The standard InChI is InChI=1S/C11H11F5N2O2/c1-2-20-7(19)4-5-3-6(17)18-9(10(12)13)8(5)11(14,15)16/h3,10H,2,4H2,1H3,(H2,17,18). The lowest BCUT2D eigenvalue weighted by atomic mass is 10.0. The summed E-state index contributed by atoms with van der Waals surface area (Å²) in [7, 11) is 0. The number of carbonyl (C=O) groups excluding carboxylic acids is 1. The smallest absolute Gasteiger partial charge is 0.418 e. The molecule has 0 fully saturated rings. The molecule has 9 heteroatoms. The number of alkyl halides is 5. The van der Waals surface area contributed by atoms with Crippen LogP contribution in [0.15, 0.2) is 6.07 Å². The SMILES string of the molecule is CCOC(=O)Cc1cc(N)nc(C(F)F)c1C(F)(F)F. The number of aromatic nitrogens is 1. The first-order valence-electron chi connectivity index (χ1n) is 5.47. The lowest BCUT2D eigenvalue weighted by Gasteiger charge is -2.16. The van der Waals surface area contributed by atoms with Gasteiger partial charge in [0.15, 0.2) is 0 Å². The van der Waals surface area contributed by atoms with Gasteiger partial charge < -0.3 is 10.5 Å². The molecule has 0 radical (unpaired) electrons. The molecule has 0 amide bonds. The lowest BCUT2D eigenvalue weighted by Crippen LogP contribution is -2.19. The van der Waals surface area contributed by atoms with Crippen LogP contribution in [0.5, 0.6) is 0 Å². The van der Waals surface area contributed by atoms with E-state index < -0.39 is 47.6 Å². The first-order valence-corrected chi connectivity index (χ1v) is 5.47. The van der Waals surface area contributed by atoms with Gasteiger partial charge in [0.2, 0.25) is 0 Å². The highest BCUT2D eigenvalue weighted by molar-refractivity contribution is 5.73. The topological polar surface area (TPSA) is 65.2 Å². The van der Waals surface area contributed by atoms with Crippen molar-refractivity contribution in [1.82, 2.24) is 4.98 Å². The monoisotopic (exact) mass is 298 g/mol. The fourth-order valence-electron chi connectivity index (χ4n) is 1.63. The van der Waals surface area contributed by atoms with Gasteiger partial charge in [0, 0.05) is 0 Å². The van der Waals surface area contributed by atoms with E-state index in [1.54, 1.807) is 0 Å². The van der Waals surface area contributed by atoms with Gasteiger partial charge in [0.05, 0.1) is 18.6 Å². The molecule has 1 aromatic heterocycles. The third kappa shape index (κ3) is 3.78. The maximum absolute atomic E-state index is 12.9. The van der Waals surface area contributed by atoms with E-state index in [2.05, 4.69) is 9.72 Å². The summed E-state index contributed by atoms with van der Waals surface area (Å²) >= 11 is 0. The van der Waals surface area contributed by atoms with Crippen LogP contribution >= 0.6 is 0 Å². The number of carbonyl (C=O) groups is 1. The summed E-state index contributed by atoms with van der Waals surface area (Å²) < 4.78 is 68.4. The second kappa shape index (κ2) is 6.02. The van der Waals surface area contributed by atoms with Crippen LogP contribution in [0.4, 0.5) is 27.8 Å². The Morgan fingerprint density at radius 2 is 2.05 bits per heavy atom. The van der Waals surface area contributed by atoms with Crippen molar-refractivity contribution in [2.75, 3.05) is 12.3 Å². The van der Waals surface area contributed by atoms with E-state index in [4.69, 9.17) is 5.73 Å². The molecule has 1 heterocycles. The molecule has 0 spiro atoms. The fourth-order valence-corrected chi connectivity index (χ4v) is 1.63. The van der Waals surface area contributed by atoms with E-state index in [-0.39, 0.29) is 6.61 Å². The first-order chi connectivity index (χ1) is 9.16. The zero-order chi connectivity index (χ0) is 15.5. The Morgan fingerprint density at radius 1 is 1.45 bits per heavy atom. The zero-order valence-corrected chi connectivity index (χ0v) is 10.3. The van der Waals surface area contributed by atoms with Gasteiger partial charge in [-0.3, -0.25) is 4.79 Å². The van der Waals surface area contributed by atoms with Crippen LogP contribution in [-0.2, 0) is 22.1 Å². The molecule has 20 heavy (non-hydrogen) atoms. The molecular weight excluding hydrogens is 287 g/mol. The molecule has 0 aliphatic carbocycles. The van der Waals surface area contributed by atoms with Crippen LogP contribution in [0.1, 0.15) is 30.2 Å². The Labute approximate surface area is 110 Å². The Hall–Kier alpha value is -1.93. The second-order valence-corrected chi connectivity index (χ2v) is 3.75. The number of rotatable bonds is 4. The molecule has 0 unspecified atom stereocenters. The average molecular weight is 298 g/mol. The molecule has 0 aromatic carbocycles. The highest BCUT2D eigenvalue weighted by atomic mass is 19.4. The number of pyridine rings is 1. The highest BCUT2D eigenvalue weighted by Crippen LogP contribution is 2.38. The number of hydrogen-bond acceptors (Lipinski definition) is 4. The number of nitrogens with two attached hydrogens (primary N) is 1. The first kappa shape index (κ1) is 16.1. The van der Waals surface area contributed by atoms with Gasteiger partial charge in [-0.05, 0) is 18.6 Å². The molecule has 0 bridgehead atoms. The highest BCUT2D eigenvalue weighted by Gasteiger charge is 2.40. The van der Waals surface area contributed by atoms with E-state index in [0.29, 0.717) is 0 Å². The number of nitrogen functional groups attached to an aromatic ring is 1. The molecule has 0 aliphatic rings. The van der Waals surface area contributed by atoms with Crippen molar-refractivity contribution < 1.29 is 31.5 Å². The summed E-state index contributed by atoms with van der Waals surface area (Å²) in [5, 5.41) is 0. The largest absolute Gasteiger partial charge is 0.466 e. The summed E-state index contributed by atoms with van der Waals surface area (Å²) in [6, 6.07) is 0.742. The van der Waals surface area contributed by atoms with Crippen molar-refractivity contribution in [2.45, 2.75) is 25.9 Å². The minimum Gasteiger partial charge on any atom is -0.466 e. The van der Waals surface area contributed by atoms with E-state index in [1.807, 2.05) is 0 Å². The van der Waals surface area contributed by atoms with Crippen molar-refractivity contribution in [1.29, 1.82) is 0 Å². The third-order valence-corrected chi connectivity index (χ3v) is 2.28. The molecular formula is C11H11F5N2O2. The summed E-state index contributed by atoms with van der Waals surface area (Å²) in [4.78, 5) is 14.3. The van der Waals surface area contributed by atoms with Crippen LogP contribution in [0.2, 0.25) is 0 Å². The van der Waals surface area contributed by atoms with Gasteiger partial charge in [0.1, 0.15) is 11.5 Å². The Morgan fingerprint density at radius 3 is 2.50 bits per heavy atom. The predicted molar refractivity (Wildman–Crippen MR) is 58.9 cm³/mol. The number of halogens is 5. The van der Waals surface area contributed by atoms with Gasteiger partial charge in [-0.2, -0.15) is 13.2 Å². The van der Waals surface area contributed by atoms with Crippen molar-refractivity contribution in [3.05, 3.63) is 22.9 Å². The summed E-state index contributed by atoms with van der Waals surface area (Å²) in [6.07, 6.45) is -9.35. The normalized spacial score (nSPS) is 11.8. The van der Waals surface area contributed by atoms with Crippen molar-refractivity contribution >= 4 is 11.8 Å². The van der Waals surface area contributed by atoms with Gasteiger partial charge >= 0.3 is 12.1 Å². The fraction of sp³-hybridized carbons (Fsp3) is 0.455. The molecule has 1 rings (SSSR count). The van der Waals surface area contributed by atoms with E-state index in [9.17, 15) is 26.7 Å². The summed E-state index contributed by atoms with van der Waals surface area (Å²) in [6.45, 7) is 1.43. The minimum atomic E-state index is -5.08. The van der Waals surface area contributed by atoms with Gasteiger partial charge in [-0.15, -0.1) is 0 Å². The van der Waals surface area contributed by atoms with Crippen LogP contribution in [0, 0.1) is 0 Å². The third-order valence-electron chi connectivity index (χ3n) is 2.28. The van der Waals surface area contributed by atoms with E-state index >= 15 is 0 Å². The summed E-state index contributed by atoms with van der Waals surface area (Å²) in [5.74, 6) is -1.49. The molecule has 4 nitrogen and oxygen atoms in total. The second-order valence-electron chi connectivity index (χ2n) is 3.75. The zero-order valence-electron chi connectivity index (χ0n) is 10.3. The van der Waals surface area contributed by atoms with Crippen LogP contribution < -0.4 is 5.73 Å². The molecule has 0 saturated heterocycles. The Balaban J connectivity index is 3.37. The number of anilines is 1.